The van der Waals surface area contributed by atoms with Crippen LogP contribution in [0.25, 0.3) is 5.82 Å². The van der Waals surface area contributed by atoms with Crippen molar-refractivity contribution >= 4 is 5.96 Å². The smallest absolute Gasteiger partial charge is 0.191 e. The van der Waals surface area contributed by atoms with E-state index in [2.05, 4.69) is 60.9 Å². The monoisotopic (exact) mass is 447 g/mol. The van der Waals surface area contributed by atoms with E-state index in [-0.39, 0.29) is 0 Å². The molecule has 0 saturated carbocycles. The SMILES string of the molecule is CN=C(NCc1ccc(-n2nc(C)cc2C)nc1)NCc1ccccc1CN1CCOCC1. The lowest BCUT2D eigenvalue weighted by Crippen LogP contribution is -2.37. The van der Waals surface area contributed by atoms with E-state index in [1.165, 1.54) is 11.1 Å². The van der Waals surface area contributed by atoms with Gasteiger partial charge in [0.2, 0.25) is 0 Å². The van der Waals surface area contributed by atoms with Gasteiger partial charge in [-0.2, -0.15) is 5.10 Å². The van der Waals surface area contributed by atoms with Crippen LogP contribution in [0, 0.1) is 13.8 Å². The van der Waals surface area contributed by atoms with Crippen LogP contribution in [0.3, 0.4) is 0 Å². The van der Waals surface area contributed by atoms with Crippen LogP contribution >= 0.6 is 0 Å². The Morgan fingerprint density at radius 3 is 2.45 bits per heavy atom. The van der Waals surface area contributed by atoms with Crippen molar-refractivity contribution in [3.05, 3.63) is 76.7 Å². The Balaban J connectivity index is 1.31. The highest BCUT2D eigenvalue weighted by molar-refractivity contribution is 5.79. The third kappa shape index (κ3) is 6.18. The van der Waals surface area contributed by atoms with Crippen molar-refractivity contribution in [2.45, 2.75) is 33.5 Å². The summed E-state index contributed by atoms with van der Waals surface area (Å²) in [7, 11) is 1.79. The molecule has 3 aromatic rings. The normalized spacial score (nSPS) is 14.9. The highest BCUT2D eigenvalue weighted by Gasteiger charge is 2.13. The van der Waals surface area contributed by atoms with Gasteiger partial charge in [0.25, 0.3) is 0 Å². The average Bonchev–Trinajstić information content (AvgIpc) is 3.19. The lowest BCUT2D eigenvalue weighted by molar-refractivity contribution is 0.0341. The molecule has 2 N–H and O–H groups in total. The van der Waals surface area contributed by atoms with Crippen molar-refractivity contribution < 1.29 is 4.74 Å². The Morgan fingerprint density at radius 2 is 1.79 bits per heavy atom. The molecular formula is C25H33N7O. The summed E-state index contributed by atoms with van der Waals surface area (Å²) in [4.78, 5) is 11.4. The van der Waals surface area contributed by atoms with Crippen molar-refractivity contribution in [2.75, 3.05) is 33.4 Å². The van der Waals surface area contributed by atoms with Gasteiger partial charge in [0.05, 0.1) is 18.9 Å². The molecule has 174 valence electrons. The Labute approximate surface area is 195 Å². The fraction of sp³-hybridized carbons (Fsp3) is 0.400. The second kappa shape index (κ2) is 11.1. The van der Waals surface area contributed by atoms with Crippen molar-refractivity contribution in [1.29, 1.82) is 0 Å². The van der Waals surface area contributed by atoms with Crippen molar-refractivity contribution in [1.82, 2.24) is 30.3 Å². The van der Waals surface area contributed by atoms with E-state index in [9.17, 15) is 0 Å². The molecule has 8 nitrogen and oxygen atoms in total. The molecular weight excluding hydrogens is 414 g/mol. The van der Waals surface area contributed by atoms with Crippen LogP contribution in [0.4, 0.5) is 0 Å². The fourth-order valence-corrected chi connectivity index (χ4v) is 3.98. The number of nitrogens with zero attached hydrogens (tertiary/aromatic N) is 5. The topological polar surface area (TPSA) is 79.6 Å². The second-order valence-corrected chi connectivity index (χ2v) is 8.30. The molecule has 1 fully saturated rings. The number of hydrogen-bond acceptors (Lipinski definition) is 5. The number of morpholine rings is 1. The number of aliphatic imine (C=N–C) groups is 1. The van der Waals surface area contributed by atoms with Gasteiger partial charge in [-0.25, -0.2) is 9.67 Å². The predicted octanol–water partition coefficient (Wildman–Crippen LogP) is 2.58. The first-order valence-electron chi connectivity index (χ1n) is 11.4. The molecule has 8 heteroatoms. The van der Waals surface area contributed by atoms with Gasteiger partial charge in [-0.3, -0.25) is 9.89 Å². The molecule has 1 saturated heterocycles. The second-order valence-electron chi connectivity index (χ2n) is 8.30. The number of rotatable bonds is 7. The molecule has 0 spiro atoms. The molecule has 1 aliphatic rings. The maximum absolute atomic E-state index is 5.47. The van der Waals surface area contributed by atoms with Crippen molar-refractivity contribution in [3.8, 4) is 5.82 Å². The van der Waals surface area contributed by atoms with E-state index in [4.69, 9.17) is 4.74 Å². The summed E-state index contributed by atoms with van der Waals surface area (Å²) >= 11 is 0. The number of aryl methyl sites for hydroxylation is 2. The molecule has 0 radical (unpaired) electrons. The van der Waals surface area contributed by atoms with E-state index in [1.807, 2.05) is 36.9 Å². The van der Waals surface area contributed by atoms with Crippen LogP contribution in [0.15, 0.2) is 53.7 Å². The average molecular weight is 448 g/mol. The highest BCUT2D eigenvalue weighted by atomic mass is 16.5. The molecule has 1 aromatic carbocycles. The van der Waals surface area contributed by atoms with E-state index < -0.39 is 0 Å². The fourth-order valence-electron chi connectivity index (χ4n) is 3.98. The predicted molar refractivity (Wildman–Crippen MR) is 130 cm³/mol. The van der Waals surface area contributed by atoms with Crippen LogP contribution in [0.5, 0.6) is 0 Å². The number of guanidine groups is 1. The molecule has 0 amide bonds. The largest absolute Gasteiger partial charge is 0.379 e. The summed E-state index contributed by atoms with van der Waals surface area (Å²) < 4.78 is 7.34. The summed E-state index contributed by atoms with van der Waals surface area (Å²) in [5, 5.41) is 11.3. The molecule has 3 heterocycles. The first-order chi connectivity index (χ1) is 16.1. The Hall–Kier alpha value is -3.23. The van der Waals surface area contributed by atoms with Crippen molar-refractivity contribution in [3.63, 3.8) is 0 Å². The lowest BCUT2D eigenvalue weighted by atomic mass is 10.1. The minimum Gasteiger partial charge on any atom is -0.379 e. The van der Waals surface area contributed by atoms with Gasteiger partial charge in [0, 0.05) is 51.7 Å². The van der Waals surface area contributed by atoms with Gasteiger partial charge in [0.1, 0.15) is 0 Å². The van der Waals surface area contributed by atoms with E-state index >= 15 is 0 Å². The first kappa shape index (κ1) is 22.9. The maximum atomic E-state index is 5.47. The number of pyridine rings is 1. The molecule has 0 aliphatic carbocycles. The summed E-state index contributed by atoms with van der Waals surface area (Å²) in [6.07, 6.45) is 1.88. The molecule has 1 aliphatic heterocycles. The first-order valence-corrected chi connectivity index (χ1v) is 11.4. The lowest BCUT2D eigenvalue weighted by Gasteiger charge is -2.27. The van der Waals surface area contributed by atoms with Crippen molar-refractivity contribution in [2.24, 2.45) is 4.99 Å². The number of benzene rings is 1. The third-order valence-corrected chi connectivity index (χ3v) is 5.78. The van der Waals surface area contributed by atoms with E-state index in [0.29, 0.717) is 6.54 Å². The summed E-state index contributed by atoms with van der Waals surface area (Å²) in [6, 6.07) is 14.7. The zero-order valence-corrected chi connectivity index (χ0v) is 19.7. The van der Waals surface area contributed by atoms with Gasteiger partial charge in [-0.05, 0) is 42.7 Å². The van der Waals surface area contributed by atoms with Gasteiger partial charge in [-0.15, -0.1) is 0 Å². The number of ether oxygens (including phenoxy) is 1. The highest BCUT2D eigenvalue weighted by Crippen LogP contribution is 2.13. The minimum absolute atomic E-state index is 0.638. The molecule has 33 heavy (non-hydrogen) atoms. The van der Waals surface area contributed by atoms with Gasteiger partial charge >= 0.3 is 0 Å². The number of aromatic nitrogens is 3. The minimum atomic E-state index is 0.638. The van der Waals surface area contributed by atoms with Crippen LogP contribution in [0.1, 0.15) is 28.1 Å². The summed E-state index contributed by atoms with van der Waals surface area (Å²) in [5.74, 6) is 1.59. The zero-order chi connectivity index (χ0) is 23.0. The number of hydrogen-bond donors (Lipinski definition) is 2. The molecule has 0 atom stereocenters. The zero-order valence-electron chi connectivity index (χ0n) is 19.7. The summed E-state index contributed by atoms with van der Waals surface area (Å²) in [6.45, 7) is 9.92. The quantitative estimate of drug-likeness (QED) is 0.428. The Kier molecular flexibility index (Phi) is 7.70. The van der Waals surface area contributed by atoms with E-state index in [1.54, 1.807) is 7.05 Å². The van der Waals surface area contributed by atoms with Gasteiger partial charge in [-0.1, -0.05) is 30.3 Å². The third-order valence-electron chi connectivity index (χ3n) is 5.78. The van der Waals surface area contributed by atoms with Crippen LogP contribution < -0.4 is 10.6 Å². The standard InChI is InChI=1S/C25H33N7O/c1-19-14-20(2)32(30-19)24-9-8-21(15-27-24)16-28-25(26-3)29-17-22-6-4-5-7-23(22)18-31-10-12-33-13-11-31/h4-9,14-15H,10-13,16-18H2,1-3H3,(H2,26,28,29). The molecule has 2 aromatic heterocycles. The maximum Gasteiger partial charge on any atom is 0.191 e. The molecule has 4 rings (SSSR count). The number of nitrogens with one attached hydrogen (secondary N) is 2. The molecule has 0 bridgehead atoms. The van der Waals surface area contributed by atoms with Crippen LogP contribution in [-0.2, 0) is 24.4 Å². The molecule has 0 unspecified atom stereocenters. The summed E-state index contributed by atoms with van der Waals surface area (Å²) in [5.41, 5.74) is 5.76. The van der Waals surface area contributed by atoms with E-state index in [0.717, 1.165) is 68.1 Å². The van der Waals surface area contributed by atoms with Gasteiger partial charge in [0.15, 0.2) is 11.8 Å². The van der Waals surface area contributed by atoms with Gasteiger partial charge < -0.3 is 15.4 Å². The van der Waals surface area contributed by atoms with Crippen LogP contribution in [-0.4, -0.2) is 59.0 Å². The Morgan fingerprint density at radius 1 is 1.03 bits per heavy atom. The Bertz CT molecular complexity index is 1070. The van der Waals surface area contributed by atoms with Crippen LogP contribution in [0.2, 0.25) is 0 Å².